The van der Waals surface area contributed by atoms with Crippen LogP contribution in [0, 0.1) is 23.7 Å². The molecular weight excluding hydrogens is 460 g/mol. The van der Waals surface area contributed by atoms with Gasteiger partial charge in [-0.3, -0.25) is 10.2 Å². The van der Waals surface area contributed by atoms with Gasteiger partial charge in [-0.05, 0) is 42.3 Å². The van der Waals surface area contributed by atoms with Crippen molar-refractivity contribution in [3.05, 3.63) is 76.9 Å². The molecule has 0 bridgehead atoms. The number of primary sulfonamides is 1. The van der Waals surface area contributed by atoms with Crippen LogP contribution in [0.4, 0.5) is 5.69 Å². The second kappa shape index (κ2) is 9.14. The van der Waals surface area contributed by atoms with Gasteiger partial charge >= 0.3 is 5.97 Å². The number of aryl methyl sites for hydroxylation is 1. The second-order valence-electron chi connectivity index (χ2n) is 7.23. The molecule has 34 heavy (non-hydrogen) atoms. The summed E-state index contributed by atoms with van der Waals surface area (Å²) < 4.78 is 24.3. The molecule has 0 aliphatic carbocycles. The summed E-state index contributed by atoms with van der Waals surface area (Å²) in [6, 6.07) is 14.1. The molecule has 1 amide bonds. The van der Waals surface area contributed by atoms with Gasteiger partial charge in [-0.2, -0.15) is 5.26 Å². The molecule has 0 aliphatic heterocycles. The summed E-state index contributed by atoms with van der Waals surface area (Å²) in [4.78, 5) is 23.9. The molecule has 0 atom stereocenters. The van der Waals surface area contributed by atoms with Crippen LogP contribution in [-0.4, -0.2) is 36.2 Å². The number of nitrogens with two attached hydrogens (primary N) is 1. The highest BCUT2D eigenvalue weighted by Crippen LogP contribution is 2.35. The molecule has 3 aromatic carbocycles. The Bertz CT molecular complexity index is 1510. The van der Waals surface area contributed by atoms with Crippen molar-refractivity contribution in [2.75, 3.05) is 5.32 Å². The van der Waals surface area contributed by atoms with Crippen LogP contribution < -0.4 is 10.5 Å². The van der Waals surface area contributed by atoms with Gasteiger partial charge in [0.15, 0.2) is 0 Å². The van der Waals surface area contributed by atoms with Gasteiger partial charge in [0.05, 0.1) is 27.8 Å². The number of nitriles is 1. The minimum absolute atomic E-state index is 0.0598. The molecule has 0 spiro atoms. The number of phenolic OH excluding ortho intramolecular Hbond substituents is 1. The number of carbonyl (C=O) groups excluding carboxylic acids is 1. The van der Waals surface area contributed by atoms with Crippen molar-refractivity contribution in [2.45, 2.75) is 11.8 Å². The van der Waals surface area contributed by atoms with Gasteiger partial charge in [-0.25, -0.2) is 18.4 Å². The first-order valence-corrected chi connectivity index (χ1v) is 11.1. The van der Waals surface area contributed by atoms with Gasteiger partial charge < -0.3 is 15.5 Å². The third kappa shape index (κ3) is 4.78. The minimum atomic E-state index is -4.28. The molecule has 0 aliphatic rings. The molecular formula is C23H18N4O6S. The standard InChI is InChI=1S/C23H18N4O6S/c1-12-4-2-3-5-14(12)15-9-17(19(28)10-20(15)34(26,32)33)21(25)22(29)27-18-7-6-13(11-24)8-16(18)23(30)31/h2-10,25,28H,1H3,(H,27,29)(H,30,31)(H2,26,32,33). The Morgan fingerprint density at radius 3 is 2.32 bits per heavy atom. The molecule has 0 saturated carbocycles. The number of aromatic hydroxyl groups is 1. The fourth-order valence-corrected chi connectivity index (χ4v) is 4.05. The predicted molar refractivity (Wildman–Crippen MR) is 123 cm³/mol. The molecule has 172 valence electrons. The van der Waals surface area contributed by atoms with Crippen LogP contribution in [0.5, 0.6) is 5.75 Å². The van der Waals surface area contributed by atoms with Crippen LogP contribution in [-0.2, 0) is 14.8 Å². The second-order valence-corrected chi connectivity index (χ2v) is 8.76. The summed E-state index contributed by atoms with van der Waals surface area (Å²) >= 11 is 0. The van der Waals surface area contributed by atoms with E-state index >= 15 is 0 Å². The van der Waals surface area contributed by atoms with Crippen molar-refractivity contribution in [3.63, 3.8) is 0 Å². The molecule has 6 N–H and O–H groups in total. The maximum Gasteiger partial charge on any atom is 0.337 e. The van der Waals surface area contributed by atoms with E-state index in [1.165, 1.54) is 12.1 Å². The lowest BCUT2D eigenvalue weighted by molar-refractivity contribution is -0.110. The summed E-state index contributed by atoms with van der Waals surface area (Å²) in [5, 5.41) is 44.6. The van der Waals surface area contributed by atoms with Crippen molar-refractivity contribution in [3.8, 4) is 22.9 Å². The van der Waals surface area contributed by atoms with Crippen molar-refractivity contribution in [1.29, 1.82) is 10.7 Å². The van der Waals surface area contributed by atoms with Crippen LogP contribution in [0.15, 0.2) is 59.5 Å². The summed E-state index contributed by atoms with van der Waals surface area (Å²) in [6.45, 7) is 1.73. The van der Waals surface area contributed by atoms with Crippen LogP contribution in [0.1, 0.15) is 27.0 Å². The van der Waals surface area contributed by atoms with Gasteiger partial charge in [0, 0.05) is 17.2 Å². The lowest BCUT2D eigenvalue weighted by Crippen LogP contribution is -2.24. The van der Waals surface area contributed by atoms with Crippen LogP contribution in [0.2, 0.25) is 0 Å². The molecule has 0 heterocycles. The first-order chi connectivity index (χ1) is 15.9. The summed E-state index contributed by atoms with van der Waals surface area (Å²) in [7, 11) is -4.28. The van der Waals surface area contributed by atoms with Crippen LogP contribution in [0.3, 0.4) is 0 Å². The SMILES string of the molecule is Cc1ccccc1-c1cc(C(=N)C(=O)Nc2ccc(C#N)cc2C(=O)O)c(O)cc1S(N)(=O)=O. The van der Waals surface area contributed by atoms with E-state index in [0.717, 1.165) is 18.2 Å². The maximum absolute atomic E-state index is 12.7. The molecule has 0 saturated heterocycles. The summed E-state index contributed by atoms with van der Waals surface area (Å²) in [6.07, 6.45) is 0. The number of benzene rings is 3. The average molecular weight is 478 g/mol. The number of sulfonamides is 1. The van der Waals surface area contributed by atoms with Crippen molar-refractivity contribution in [1.82, 2.24) is 0 Å². The molecule has 0 radical (unpaired) electrons. The molecule has 0 aromatic heterocycles. The van der Waals surface area contributed by atoms with Crippen molar-refractivity contribution >= 4 is 33.3 Å². The van der Waals surface area contributed by atoms with E-state index in [0.29, 0.717) is 11.1 Å². The highest BCUT2D eigenvalue weighted by atomic mass is 32.2. The highest BCUT2D eigenvalue weighted by molar-refractivity contribution is 7.89. The number of hydrogen-bond donors (Lipinski definition) is 5. The molecule has 0 unspecified atom stereocenters. The number of nitrogens with zero attached hydrogens (tertiary/aromatic N) is 1. The largest absolute Gasteiger partial charge is 0.507 e. The topological polar surface area (TPSA) is 194 Å². The first-order valence-electron chi connectivity index (χ1n) is 9.57. The smallest absolute Gasteiger partial charge is 0.337 e. The van der Waals surface area contributed by atoms with Gasteiger partial charge in [0.25, 0.3) is 5.91 Å². The average Bonchev–Trinajstić information content (AvgIpc) is 2.78. The van der Waals surface area contributed by atoms with E-state index < -0.39 is 38.3 Å². The molecule has 3 aromatic rings. The molecule has 11 heteroatoms. The number of carboxylic acid groups (broad SMARTS) is 1. The minimum Gasteiger partial charge on any atom is -0.507 e. The molecule has 10 nitrogen and oxygen atoms in total. The molecule has 0 fully saturated rings. The lowest BCUT2D eigenvalue weighted by atomic mass is 9.96. The Kier molecular flexibility index (Phi) is 6.49. The van der Waals surface area contributed by atoms with E-state index in [9.17, 15) is 28.2 Å². The van der Waals surface area contributed by atoms with Gasteiger partial charge in [-0.1, -0.05) is 24.3 Å². The first kappa shape index (κ1) is 24.1. The highest BCUT2D eigenvalue weighted by Gasteiger charge is 2.24. The van der Waals surface area contributed by atoms with Crippen LogP contribution in [0.25, 0.3) is 11.1 Å². The Morgan fingerprint density at radius 2 is 1.74 bits per heavy atom. The Labute approximate surface area is 194 Å². The number of amides is 1. The number of anilines is 1. The number of phenols is 1. The maximum atomic E-state index is 12.7. The third-order valence-corrected chi connectivity index (χ3v) is 5.91. The lowest BCUT2D eigenvalue weighted by Gasteiger charge is -2.15. The van der Waals surface area contributed by atoms with E-state index in [2.05, 4.69) is 5.32 Å². The van der Waals surface area contributed by atoms with E-state index in [1.54, 1.807) is 37.3 Å². The van der Waals surface area contributed by atoms with Crippen molar-refractivity contribution in [2.24, 2.45) is 5.14 Å². The number of aromatic carboxylic acids is 1. The van der Waals surface area contributed by atoms with E-state index in [1.807, 2.05) is 0 Å². The normalized spacial score (nSPS) is 10.9. The number of rotatable bonds is 6. The summed E-state index contributed by atoms with van der Waals surface area (Å²) in [5.41, 5.74) is -0.302. The Morgan fingerprint density at radius 1 is 1.06 bits per heavy atom. The van der Waals surface area contributed by atoms with Gasteiger partial charge in [0.2, 0.25) is 10.0 Å². The third-order valence-electron chi connectivity index (χ3n) is 4.96. The van der Waals surface area contributed by atoms with Gasteiger partial charge in [0.1, 0.15) is 11.5 Å². The quantitative estimate of drug-likeness (QED) is 0.336. The number of carbonyl (C=O) groups is 2. The zero-order valence-electron chi connectivity index (χ0n) is 17.7. The monoisotopic (exact) mass is 478 g/mol. The van der Waals surface area contributed by atoms with Crippen LogP contribution >= 0.6 is 0 Å². The summed E-state index contributed by atoms with van der Waals surface area (Å²) in [5.74, 6) is -3.15. The van der Waals surface area contributed by atoms with E-state index in [-0.39, 0.29) is 27.9 Å². The fourth-order valence-electron chi connectivity index (χ4n) is 3.30. The Hall–Kier alpha value is -4.53. The molecule has 3 rings (SSSR count). The number of nitrogens with one attached hydrogen (secondary N) is 2. The fraction of sp³-hybridized carbons (Fsp3) is 0.0435. The Balaban J connectivity index is 2.09. The zero-order valence-corrected chi connectivity index (χ0v) is 18.5. The van der Waals surface area contributed by atoms with E-state index in [4.69, 9.17) is 15.8 Å². The predicted octanol–water partition coefficient (Wildman–Crippen LogP) is 2.59. The van der Waals surface area contributed by atoms with Gasteiger partial charge in [-0.15, -0.1) is 0 Å². The number of hydrogen-bond acceptors (Lipinski definition) is 7. The number of carboxylic acids is 1. The van der Waals surface area contributed by atoms with Crippen molar-refractivity contribution < 1.29 is 28.2 Å². The zero-order chi connectivity index (χ0) is 25.2.